The summed E-state index contributed by atoms with van der Waals surface area (Å²) in [6, 6.07) is 3.78. The lowest BCUT2D eigenvalue weighted by Gasteiger charge is -2.38. The van der Waals surface area contributed by atoms with Crippen LogP contribution in [-0.4, -0.2) is 70.4 Å². The molecule has 7 heteroatoms. The number of nitrogens with zero attached hydrogens (tertiary/aromatic N) is 4. The van der Waals surface area contributed by atoms with Gasteiger partial charge in [-0.15, -0.1) is 0 Å². The summed E-state index contributed by atoms with van der Waals surface area (Å²) in [4.78, 5) is 32.9. The van der Waals surface area contributed by atoms with Crippen molar-refractivity contribution in [3.8, 4) is 0 Å². The van der Waals surface area contributed by atoms with Crippen molar-refractivity contribution in [2.45, 2.75) is 32.7 Å². The van der Waals surface area contributed by atoms with Gasteiger partial charge in [0.05, 0.1) is 12.3 Å². The van der Waals surface area contributed by atoms with Crippen molar-refractivity contribution in [3.05, 3.63) is 35.8 Å². The predicted octanol–water partition coefficient (Wildman–Crippen LogP) is 1.74. The van der Waals surface area contributed by atoms with Gasteiger partial charge in [0.1, 0.15) is 5.65 Å². The van der Waals surface area contributed by atoms with Crippen molar-refractivity contribution in [2.24, 2.45) is 0 Å². The summed E-state index contributed by atoms with van der Waals surface area (Å²) in [5.41, 5.74) is 2.32. The lowest BCUT2D eigenvalue weighted by Crippen LogP contribution is -2.49. The number of pyridine rings is 1. The Morgan fingerprint density at radius 1 is 1.35 bits per heavy atom. The normalized spacial score (nSPS) is 15.4. The smallest absolute Gasteiger partial charge is 0.254 e. The van der Waals surface area contributed by atoms with Crippen LogP contribution in [0.25, 0.3) is 5.65 Å². The Labute approximate surface area is 153 Å². The second-order valence-corrected chi connectivity index (χ2v) is 6.79. The maximum Gasteiger partial charge on any atom is 0.254 e. The third-order valence-electron chi connectivity index (χ3n) is 4.98. The molecule has 3 rings (SSSR count). The summed E-state index contributed by atoms with van der Waals surface area (Å²) in [6.45, 7) is 5.94. The number of amides is 2. The highest BCUT2D eigenvalue weighted by Gasteiger charge is 2.29. The van der Waals surface area contributed by atoms with Gasteiger partial charge in [-0.2, -0.15) is 0 Å². The molecule has 2 amide bonds. The van der Waals surface area contributed by atoms with Crippen molar-refractivity contribution >= 4 is 17.5 Å². The van der Waals surface area contributed by atoms with E-state index in [0.29, 0.717) is 31.8 Å². The van der Waals surface area contributed by atoms with Crippen LogP contribution in [-0.2, 0) is 9.53 Å². The number of methoxy groups -OCH3 is 1. The molecule has 0 saturated carbocycles. The summed E-state index contributed by atoms with van der Waals surface area (Å²) in [7, 11) is 1.64. The Kier molecular flexibility index (Phi) is 5.56. The Balaban J connectivity index is 1.79. The summed E-state index contributed by atoms with van der Waals surface area (Å²) >= 11 is 0. The van der Waals surface area contributed by atoms with E-state index in [2.05, 4.69) is 4.98 Å². The fourth-order valence-corrected chi connectivity index (χ4v) is 3.54. The van der Waals surface area contributed by atoms with Gasteiger partial charge in [-0.05, 0) is 31.9 Å². The number of aryl methyl sites for hydroxylation is 1. The number of hydrogen-bond acceptors (Lipinski definition) is 4. The van der Waals surface area contributed by atoms with Crippen LogP contribution >= 0.6 is 0 Å². The Hall–Kier alpha value is -2.41. The molecule has 0 bridgehead atoms. The first-order chi connectivity index (χ1) is 12.5. The van der Waals surface area contributed by atoms with Crippen molar-refractivity contribution in [3.63, 3.8) is 0 Å². The lowest BCUT2D eigenvalue weighted by molar-refractivity contribution is -0.130. The van der Waals surface area contributed by atoms with Gasteiger partial charge < -0.3 is 18.9 Å². The third kappa shape index (κ3) is 3.88. The molecule has 26 heavy (non-hydrogen) atoms. The highest BCUT2D eigenvalue weighted by molar-refractivity contribution is 5.95. The van der Waals surface area contributed by atoms with Crippen molar-refractivity contribution < 1.29 is 14.3 Å². The summed E-state index contributed by atoms with van der Waals surface area (Å²) in [5, 5.41) is 0. The van der Waals surface area contributed by atoms with Crippen molar-refractivity contribution in [1.82, 2.24) is 19.2 Å². The molecule has 1 fully saturated rings. The first-order valence-electron chi connectivity index (χ1n) is 9.00. The van der Waals surface area contributed by atoms with E-state index >= 15 is 0 Å². The number of fused-ring (bicyclic) bond motifs is 1. The van der Waals surface area contributed by atoms with Gasteiger partial charge in [-0.3, -0.25) is 9.59 Å². The van der Waals surface area contributed by atoms with Crippen LogP contribution in [0.2, 0.25) is 0 Å². The van der Waals surface area contributed by atoms with Crippen LogP contribution in [0.5, 0.6) is 0 Å². The standard InChI is InChI=1S/C19H26N4O3/c1-14-13-22-7-4-16(12-18(22)20-14)19(25)23(10-11-26-3)17-5-8-21(9-6-17)15(2)24/h4,7,12-13,17H,5-6,8-11H2,1-3H3. The third-order valence-corrected chi connectivity index (χ3v) is 4.98. The lowest BCUT2D eigenvalue weighted by atomic mass is 10.0. The highest BCUT2D eigenvalue weighted by Crippen LogP contribution is 2.20. The zero-order valence-corrected chi connectivity index (χ0v) is 15.6. The van der Waals surface area contributed by atoms with E-state index in [4.69, 9.17) is 4.74 Å². The Morgan fingerprint density at radius 3 is 2.73 bits per heavy atom. The van der Waals surface area contributed by atoms with Gasteiger partial charge in [-0.1, -0.05) is 0 Å². The predicted molar refractivity (Wildman–Crippen MR) is 98.1 cm³/mol. The Bertz CT molecular complexity index is 793. The summed E-state index contributed by atoms with van der Waals surface area (Å²) < 4.78 is 7.12. The number of carbonyl (C=O) groups is 2. The minimum absolute atomic E-state index is 0.00789. The molecular formula is C19H26N4O3. The molecule has 0 aromatic carbocycles. The molecule has 3 heterocycles. The van der Waals surface area contributed by atoms with E-state index in [0.717, 1.165) is 24.2 Å². The molecular weight excluding hydrogens is 332 g/mol. The molecule has 2 aromatic rings. The van der Waals surface area contributed by atoms with Crippen LogP contribution in [0.15, 0.2) is 24.5 Å². The summed E-state index contributed by atoms with van der Waals surface area (Å²) in [6.07, 6.45) is 5.39. The fourth-order valence-electron chi connectivity index (χ4n) is 3.54. The number of piperidine rings is 1. The molecule has 2 aromatic heterocycles. The average Bonchev–Trinajstić information content (AvgIpc) is 3.01. The van der Waals surface area contributed by atoms with E-state index in [1.165, 1.54) is 0 Å². The molecule has 1 aliphatic heterocycles. The minimum atomic E-state index is -0.00789. The van der Waals surface area contributed by atoms with Gasteiger partial charge in [-0.25, -0.2) is 4.98 Å². The molecule has 0 spiro atoms. The summed E-state index contributed by atoms with van der Waals surface area (Å²) in [5.74, 6) is 0.0878. The van der Waals surface area contributed by atoms with E-state index in [1.807, 2.05) is 45.7 Å². The average molecular weight is 358 g/mol. The van der Waals surface area contributed by atoms with Crippen LogP contribution < -0.4 is 0 Å². The Morgan fingerprint density at radius 2 is 2.08 bits per heavy atom. The van der Waals surface area contributed by atoms with Gasteiger partial charge in [0.2, 0.25) is 5.91 Å². The van der Waals surface area contributed by atoms with Gasteiger partial charge in [0.15, 0.2) is 0 Å². The van der Waals surface area contributed by atoms with E-state index in [9.17, 15) is 9.59 Å². The van der Waals surface area contributed by atoms with E-state index < -0.39 is 0 Å². The van der Waals surface area contributed by atoms with Crippen molar-refractivity contribution in [1.29, 1.82) is 0 Å². The van der Waals surface area contributed by atoms with Gasteiger partial charge >= 0.3 is 0 Å². The molecule has 0 atom stereocenters. The second-order valence-electron chi connectivity index (χ2n) is 6.79. The number of ether oxygens (including phenoxy) is 1. The first-order valence-corrected chi connectivity index (χ1v) is 9.00. The molecule has 140 valence electrons. The molecule has 0 aliphatic carbocycles. The number of rotatable bonds is 5. The SMILES string of the molecule is COCCN(C(=O)c1ccn2cc(C)nc2c1)C1CCN(C(C)=O)CC1. The van der Waals surface area contributed by atoms with Crippen LogP contribution in [0, 0.1) is 6.92 Å². The van der Waals surface area contributed by atoms with Crippen molar-refractivity contribution in [2.75, 3.05) is 33.4 Å². The fraction of sp³-hybridized carbons (Fsp3) is 0.526. The zero-order chi connectivity index (χ0) is 18.7. The topological polar surface area (TPSA) is 67.2 Å². The van der Waals surface area contributed by atoms with E-state index in [1.54, 1.807) is 14.0 Å². The first kappa shape index (κ1) is 18.4. The number of likely N-dealkylation sites (tertiary alicyclic amines) is 1. The maximum absolute atomic E-state index is 13.2. The molecule has 1 aliphatic rings. The number of aromatic nitrogens is 2. The number of imidazole rings is 1. The van der Waals surface area contributed by atoms with Crippen LogP contribution in [0.1, 0.15) is 35.8 Å². The van der Waals surface area contributed by atoms with Gasteiger partial charge in [0, 0.05) is 57.7 Å². The van der Waals surface area contributed by atoms with Gasteiger partial charge in [0.25, 0.3) is 5.91 Å². The van der Waals surface area contributed by atoms with E-state index in [-0.39, 0.29) is 17.9 Å². The highest BCUT2D eigenvalue weighted by atomic mass is 16.5. The molecule has 1 saturated heterocycles. The minimum Gasteiger partial charge on any atom is -0.383 e. The number of carbonyl (C=O) groups excluding carboxylic acids is 2. The molecule has 0 N–H and O–H groups in total. The zero-order valence-electron chi connectivity index (χ0n) is 15.6. The van der Waals surface area contributed by atoms with Crippen LogP contribution in [0.3, 0.4) is 0 Å². The quantitative estimate of drug-likeness (QED) is 0.817. The molecule has 7 nitrogen and oxygen atoms in total. The largest absolute Gasteiger partial charge is 0.383 e. The molecule has 0 unspecified atom stereocenters. The number of hydrogen-bond donors (Lipinski definition) is 0. The second kappa shape index (κ2) is 7.86. The monoisotopic (exact) mass is 358 g/mol. The van der Waals surface area contributed by atoms with Crippen LogP contribution in [0.4, 0.5) is 0 Å². The maximum atomic E-state index is 13.2. The molecule has 0 radical (unpaired) electrons.